The van der Waals surface area contributed by atoms with Crippen molar-refractivity contribution in [2.24, 2.45) is 0 Å². The van der Waals surface area contributed by atoms with Gasteiger partial charge >= 0.3 is 0 Å². The highest BCUT2D eigenvalue weighted by atomic mass is 127. The maximum Gasteiger partial charge on any atom is 0.265 e. The van der Waals surface area contributed by atoms with E-state index in [0.29, 0.717) is 0 Å². The van der Waals surface area contributed by atoms with Gasteiger partial charge in [-0.2, -0.15) is 4.57 Å². The van der Waals surface area contributed by atoms with Crippen molar-refractivity contribution in [3.63, 3.8) is 0 Å². The molecule has 0 saturated heterocycles. The Morgan fingerprint density at radius 1 is 1.07 bits per heavy atom. The fourth-order valence-corrected chi connectivity index (χ4v) is 6.23. The highest BCUT2D eigenvalue weighted by Gasteiger charge is 2.27. The number of para-hydroxylation sites is 2. The van der Waals surface area contributed by atoms with Crippen LogP contribution in [0.5, 0.6) is 0 Å². The molecule has 0 atom stereocenters. The number of aromatic nitrogens is 1. The summed E-state index contributed by atoms with van der Waals surface area (Å²) in [5, 5.41) is 2.76. The topological polar surface area (TPSA) is 7.12 Å². The van der Waals surface area contributed by atoms with E-state index in [2.05, 4.69) is 77.1 Å². The van der Waals surface area contributed by atoms with E-state index in [1.165, 1.54) is 49.3 Å². The van der Waals surface area contributed by atoms with Crippen LogP contribution in [0.15, 0.2) is 70.6 Å². The zero-order chi connectivity index (χ0) is 17.5. The Balaban J connectivity index is 0.00000180. The Bertz CT molecular complexity index is 1050. The number of nitrogens with zero attached hydrogens (tertiary/aromatic N) is 2. The van der Waals surface area contributed by atoms with Crippen LogP contribution in [0.3, 0.4) is 0 Å². The Morgan fingerprint density at radius 3 is 2.78 bits per heavy atom. The molecule has 3 aromatic rings. The summed E-state index contributed by atoms with van der Waals surface area (Å²) in [6, 6.07) is 17.5. The van der Waals surface area contributed by atoms with E-state index in [1.807, 2.05) is 23.1 Å². The monoisotopic (exact) mass is 504 g/mol. The first kappa shape index (κ1) is 19.0. The maximum atomic E-state index is 2.50. The molecule has 1 aromatic heterocycles. The fraction of sp³-hybridized carbons (Fsp3) is 0.227. The number of hydrogen-bond acceptors (Lipinski definition) is 3. The molecule has 0 spiro atoms. The van der Waals surface area contributed by atoms with E-state index >= 15 is 0 Å². The lowest BCUT2D eigenvalue weighted by atomic mass is 10.1. The van der Waals surface area contributed by atoms with Crippen molar-refractivity contribution in [3.8, 4) is 0 Å². The zero-order valence-electron chi connectivity index (χ0n) is 15.2. The van der Waals surface area contributed by atoms with Crippen molar-refractivity contribution < 1.29 is 28.5 Å². The number of halogens is 1. The number of thiazole rings is 1. The van der Waals surface area contributed by atoms with Crippen molar-refractivity contribution >= 4 is 44.6 Å². The summed E-state index contributed by atoms with van der Waals surface area (Å²) in [6.45, 7) is 4.36. The van der Waals surface area contributed by atoms with Gasteiger partial charge in [-0.15, -0.1) is 0 Å². The average Bonchev–Trinajstić information content (AvgIpc) is 3.24. The highest BCUT2D eigenvalue weighted by Crippen LogP contribution is 2.45. The average molecular weight is 504 g/mol. The maximum absolute atomic E-state index is 2.50. The third kappa shape index (κ3) is 3.34. The molecule has 27 heavy (non-hydrogen) atoms. The van der Waals surface area contributed by atoms with E-state index in [1.54, 1.807) is 0 Å². The van der Waals surface area contributed by atoms with Gasteiger partial charge in [-0.1, -0.05) is 47.4 Å². The lowest BCUT2D eigenvalue weighted by Gasteiger charge is -2.17. The third-order valence-electron chi connectivity index (χ3n) is 5.09. The molecule has 138 valence electrons. The summed E-state index contributed by atoms with van der Waals surface area (Å²) >= 11 is 3.81. The van der Waals surface area contributed by atoms with Gasteiger partial charge in [0, 0.05) is 29.5 Å². The van der Waals surface area contributed by atoms with Gasteiger partial charge in [-0.3, -0.25) is 0 Å². The molecule has 0 radical (unpaired) electrons. The number of rotatable bonds is 2. The molecule has 0 saturated carbocycles. The molecule has 0 amide bonds. The van der Waals surface area contributed by atoms with Gasteiger partial charge in [-0.25, -0.2) is 0 Å². The summed E-state index contributed by atoms with van der Waals surface area (Å²) in [6.07, 6.45) is 7.07. The first-order chi connectivity index (χ1) is 12.8. The van der Waals surface area contributed by atoms with E-state index in [4.69, 9.17) is 0 Å². The number of thioether (sulfide) groups is 1. The fourth-order valence-electron chi connectivity index (χ4n) is 3.86. The molecule has 0 bridgehead atoms. The largest absolute Gasteiger partial charge is 1.00 e. The second kappa shape index (κ2) is 7.97. The molecule has 2 aromatic carbocycles. The smallest absolute Gasteiger partial charge is 0.265 e. The second-order valence-electron chi connectivity index (χ2n) is 6.64. The Morgan fingerprint density at radius 2 is 1.89 bits per heavy atom. The van der Waals surface area contributed by atoms with Gasteiger partial charge in [0.25, 0.3) is 5.01 Å². The van der Waals surface area contributed by atoms with Crippen LogP contribution in [0.1, 0.15) is 24.8 Å². The summed E-state index contributed by atoms with van der Waals surface area (Å²) in [7, 11) is 0. The van der Waals surface area contributed by atoms with E-state index in [9.17, 15) is 0 Å². The lowest BCUT2D eigenvalue weighted by molar-refractivity contribution is -0.672. The van der Waals surface area contributed by atoms with Gasteiger partial charge in [0.1, 0.15) is 4.70 Å². The van der Waals surface area contributed by atoms with Crippen molar-refractivity contribution in [1.82, 2.24) is 0 Å². The van der Waals surface area contributed by atoms with Gasteiger partial charge in [0.2, 0.25) is 5.52 Å². The van der Waals surface area contributed by atoms with Crippen molar-refractivity contribution in [2.45, 2.75) is 31.2 Å². The van der Waals surface area contributed by atoms with Gasteiger partial charge in [-0.05, 0) is 43.7 Å². The minimum absolute atomic E-state index is 0. The van der Waals surface area contributed by atoms with Crippen LogP contribution in [0.2, 0.25) is 0 Å². The minimum Gasteiger partial charge on any atom is -1.00 e. The van der Waals surface area contributed by atoms with Crippen LogP contribution in [0, 0.1) is 0 Å². The molecule has 5 rings (SSSR count). The molecule has 0 N–H and O–H groups in total. The predicted molar refractivity (Wildman–Crippen MR) is 113 cm³/mol. The van der Waals surface area contributed by atoms with E-state index in [-0.39, 0.29) is 24.0 Å². The molecular weight excluding hydrogens is 483 g/mol. The first-order valence-electron chi connectivity index (χ1n) is 9.22. The molecule has 2 aliphatic heterocycles. The summed E-state index contributed by atoms with van der Waals surface area (Å²) in [4.78, 5) is 3.78. The molecule has 0 fully saturated rings. The number of hydrogen-bond donors (Lipinski definition) is 0. The first-order valence-corrected chi connectivity index (χ1v) is 10.9. The van der Waals surface area contributed by atoms with Crippen LogP contribution in [0.25, 0.3) is 15.8 Å². The van der Waals surface area contributed by atoms with Crippen molar-refractivity contribution in [1.29, 1.82) is 0 Å². The van der Waals surface area contributed by atoms with Crippen LogP contribution < -0.4 is 33.4 Å². The highest BCUT2D eigenvalue weighted by molar-refractivity contribution is 8.03. The predicted octanol–water partition coefficient (Wildman–Crippen LogP) is 2.84. The SMILES string of the molecule is CCN1/C(=C/C=C2\CCC[n+]3c2sc2ccccc23)Sc2ccccc21.[I-]. The van der Waals surface area contributed by atoms with Gasteiger partial charge < -0.3 is 28.9 Å². The van der Waals surface area contributed by atoms with Gasteiger partial charge in [0.15, 0.2) is 6.54 Å². The van der Waals surface area contributed by atoms with E-state index < -0.39 is 0 Å². The quantitative estimate of drug-likeness (QED) is 0.392. The van der Waals surface area contributed by atoms with Crippen LogP contribution in [-0.4, -0.2) is 6.54 Å². The van der Waals surface area contributed by atoms with Gasteiger partial charge in [0.05, 0.1) is 10.7 Å². The molecule has 3 heterocycles. The number of fused-ring (bicyclic) bond motifs is 4. The Kier molecular flexibility index (Phi) is 5.62. The number of benzene rings is 2. The molecule has 0 unspecified atom stereocenters. The number of anilines is 1. The standard InChI is InChI=1S/C22H21N2S2.HI/c1-2-23-17-9-3-5-11-19(17)25-21(23)14-13-16-8-7-15-24-18-10-4-6-12-20(18)26-22(16)24;/h3-6,9-14H,2,7-8,15H2,1H3;1H/q+1;/p-1. The molecule has 5 heteroatoms. The van der Waals surface area contributed by atoms with Crippen LogP contribution >= 0.6 is 23.1 Å². The Labute approximate surface area is 185 Å². The Hall–Kier alpha value is -1.31. The molecule has 0 aliphatic carbocycles. The van der Waals surface area contributed by atoms with Crippen LogP contribution in [0.4, 0.5) is 5.69 Å². The number of allylic oxidation sites excluding steroid dienone is 3. The molecule has 2 aliphatic rings. The summed E-state index contributed by atoms with van der Waals surface area (Å²) in [5.41, 5.74) is 4.19. The molecular formula is C22H21IN2S2. The van der Waals surface area contributed by atoms with Crippen molar-refractivity contribution in [3.05, 3.63) is 70.7 Å². The van der Waals surface area contributed by atoms with Crippen molar-refractivity contribution in [2.75, 3.05) is 11.4 Å². The lowest BCUT2D eigenvalue weighted by Crippen LogP contribution is -3.00. The minimum atomic E-state index is 0. The van der Waals surface area contributed by atoms with E-state index in [0.717, 1.165) is 13.1 Å². The summed E-state index contributed by atoms with van der Waals surface area (Å²) in [5.74, 6) is 0. The number of aryl methyl sites for hydroxylation is 1. The normalized spacial score (nSPS) is 18.6. The zero-order valence-corrected chi connectivity index (χ0v) is 19.0. The second-order valence-corrected chi connectivity index (χ2v) is 8.73. The van der Waals surface area contributed by atoms with Crippen LogP contribution in [-0.2, 0) is 6.54 Å². The molecule has 2 nitrogen and oxygen atoms in total. The summed E-state index contributed by atoms with van der Waals surface area (Å²) < 4.78 is 3.89. The third-order valence-corrected chi connectivity index (χ3v) is 7.46.